The zero-order chi connectivity index (χ0) is 24.6. The van der Waals surface area contributed by atoms with Gasteiger partial charge in [0.1, 0.15) is 11.5 Å². The van der Waals surface area contributed by atoms with E-state index >= 15 is 0 Å². The highest BCUT2D eigenvalue weighted by Crippen LogP contribution is 2.38. The van der Waals surface area contributed by atoms with Crippen LogP contribution in [-0.4, -0.2) is 21.3 Å². The first-order valence-corrected chi connectivity index (χ1v) is 11.3. The Kier molecular flexibility index (Phi) is 7.60. The first-order chi connectivity index (χ1) is 17.1. The van der Waals surface area contributed by atoms with Gasteiger partial charge in [0.2, 0.25) is 5.75 Å². The van der Waals surface area contributed by atoms with Gasteiger partial charge >= 0.3 is 0 Å². The van der Waals surface area contributed by atoms with E-state index in [1.807, 2.05) is 67.6 Å². The van der Waals surface area contributed by atoms with Crippen LogP contribution in [0.2, 0.25) is 0 Å². The Morgan fingerprint density at radius 1 is 0.800 bits per heavy atom. The fourth-order valence-corrected chi connectivity index (χ4v) is 3.97. The third-order valence-electron chi connectivity index (χ3n) is 5.63. The normalized spacial score (nSPS) is 11.8. The summed E-state index contributed by atoms with van der Waals surface area (Å²) in [7, 11) is 4.78. The predicted molar refractivity (Wildman–Crippen MR) is 139 cm³/mol. The molecule has 0 fully saturated rings. The van der Waals surface area contributed by atoms with E-state index in [0.29, 0.717) is 17.2 Å². The summed E-state index contributed by atoms with van der Waals surface area (Å²) in [5.41, 5.74) is 3.82. The van der Waals surface area contributed by atoms with E-state index < -0.39 is 0 Å². The van der Waals surface area contributed by atoms with Crippen molar-refractivity contribution in [2.45, 2.75) is 12.8 Å². The van der Waals surface area contributed by atoms with Crippen molar-refractivity contribution in [3.05, 3.63) is 119 Å². The fraction of sp³-hybridized carbons (Fsp3) is 0.161. The third kappa shape index (κ3) is 5.59. The minimum absolute atomic E-state index is 0.167. The van der Waals surface area contributed by atoms with Crippen LogP contribution in [0.4, 0.5) is 0 Å². The lowest BCUT2D eigenvalue weighted by Gasteiger charge is -2.16. The van der Waals surface area contributed by atoms with Crippen molar-refractivity contribution >= 4 is 6.08 Å². The van der Waals surface area contributed by atoms with Crippen LogP contribution in [0.25, 0.3) is 6.08 Å². The van der Waals surface area contributed by atoms with Crippen molar-refractivity contribution in [1.29, 1.82) is 0 Å². The van der Waals surface area contributed by atoms with Gasteiger partial charge in [0.05, 0.1) is 27.2 Å². The molecule has 1 aromatic heterocycles. The topological polar surface area (TPSA) is 40.8 Å². The van der Waals surface area contributed by atoms with Crippen LogP contribution in [0, 0.1) is 18.8 Å². The summed E-state index contributed by atoms with van der Waals surface area (Å²) in [4.78, 5) is 0. The number of ether oxygens (including phenoxy) is 3. The van der Waals surface area contributed by atoms with Crippen LogP contribution in [0.5, 0.6) is 17.2 Å². The first-order valence-electron chi connectivity index (χ1n) is 11.3. The van der Waals surface area contributed by atoms with Gasteiger partial charge in [-0.25, -0.2) is 0 Å². The Morgan fingerprint density at radius 3 is 1.97 bits per heavy atom. The largest absolute Gasteiger partial charge is 0.493 e. The second-order valence-electron chi connectivity index (χ2n) is 7.97. The average Bonchev–Trinajstić information content (AvgIpc) is 3.33. The molecule has 4 heteroatoms. The van der Waals surface area contributed by atoms with Gasteiger partial charge in [0.15, 0.2) is 11.5 Å². The molecule has 35 heavy (non-hydrogen) atoms. The van der Waals surface area contributed by atoms with Gasteiger partial charge in [-0.05, 0) is 48.4 Å². The summed E-state index contributed by atoms with van der Waals surface area (Å²) >= 11 is 0. The van der Waals surface area contributed by atoms with Gasteiger partial charge < -0.3 is 18.6 Å². The molecule has 4 rings (SSSR count). The lowest BCUT2D eigenvalue weighted by molar-refractivity contribution is 0.324. The molecule has 0 aliphatic rings. The van der Waals surface area contributed by atoms with Gasteiger partial charge in [-0.1, -0.05) is 72.5 Å². The molecule has 176 valence electrons. The van der Waals surface area contributed by atoms with Crippen LogP contribution >= 0.6 is 0 Å². The highest BCUT2D eigenvalue weighted by Gasteiger charge is 2.22. The SMILES string of the molecule is COc1cc(C#C/C(=C\c2ccccc2)C(c2ccccc2)c2ccc(C)o2)cc(OC)c1OC. The second kappa shape index (κ2) is 11.2. The molecule has 4 nitrogen and oxygen atoms in total. The van der Waals surface area contributed by atoms with Crippen molar-refractivity contribution in [1.82, 2.24) is 0 Å². The molecular formula is C31H28O4. The Morgan fingerprint density at radius 2 is 1.43 bits per heavy atom. The third-order valence-corrected chi connectivity index (χ3v) is 5.63. The zero-order valence-electron chi connectivity index (χ0n) is 20.4. The van der Waals surface area contributed by atoms with Crippen molar-refractivity contribution in [3.8, 4) is 29.1 Å². The highest BCUT2D eigenvalue weighted by atomic mass is 16.5. The summed E-state index contributed by atoms with van der Waals surface area (Å²) in [6, 6.07) is 28.2. The lowest BCUT2D eigenvalue weighted by atomic mass is 9.87. The number of aryl methyl sites for hydroxylation is 1. The molecule has 0 aliphatic heterocycles. The van der Waals surface area contributed by atoms with Crippen LogP contribution in [0.1, 0.15) is 34.1 Å². The monoisotopic (exact) mass is 464 g/mol. The zero-order valence-corrected chi connectivity index (χ0v) is 20.4. The molecule has 3 aromatic carbocycles. The maximum atomic E-state index is 6.11. The van der Waals surface area contributed by atoms with Gasteiger partial charge in [0.25, 0.3) is 0 Å². The fourth-order valence-electron chi connectivity index (χ4n) is 3.97. The van der Waals surface area contributed by atoms with Crippen molar-refractivity contribution in [2.24, 2.45) is 0 Å². The molecule has 0 N–H and O–H groups in total. The van der Waals surface area contributed by atoms with Crippen molar-refractivity contribution < 1.29 is 18.6 Å². The smallest absolute Gasteiger partial charge is 0.203 e. The minimum atomic E-state index is -0.167. The number of benzene rings is 3. The predicted octanol–water partition coefficient (Wildman–Crippen LogP) is 6.88. The summed E-state index contributed by atoms with van der Waals surface area (Å²) in [5, 5.41) is 0. The molecule has 0 spiro atoms. The van der Waals surface area contributed by atoms with E-state index in [1.54, 1.807) is 21.3 Å². The first kappa shape index (κ1) is 23.8. The average molecular weight is 465 g/mol. The summed E-state index contributed by atoms with van der Waals surface area (Å²) < 4.78 is 22.6. The van der Waals surface area contributed by atoms with Crippen LogP contribution < -0.4 is 14.2 Å². The quantitative estimate of drug-likeness (QED) is 0.280. The van der Waals surface area contributed by atoms with E-state index in [1.165, 1.54) is 0 Å². The molecule has 1 atom stereocenters. The Bertz CT molecular complexity index is 1330. The van der Waals surface area contributed by atoms with Crippen LogP contribution in [0.3, 0.4) is 0 Å². The summed E-state index contributed by atoms with van der Waals surface area (Å²) in [6.07, 6.45) is 2.11. The molecule has 1 unspecified atom stereocenters. The minimum Gasteiger partial charge on any atom is -0.493 e. The molecule has 0 saturated carbocycles. The maximum Gasteiger partial charge on any atom is 0.203 e. The van der Waals surface area contributed by atoms with E-state index in [2.05, 4.69) is 42.2 Å². The highest BCUT2D eigenvalue weighted by molar-refractivity contribution is 5.65. The van der Waals surface area contributed by atoms with Crippen LogP contribution in [-0.2, 0) is 0 Å². The summed E-state index contributed by atoms with van der Waals surface area (Å²) in [5.74, 6) is 9.94. The van der Waals surface area contributed by atoms with Crippen LogP contribution in [0.15, 0.2) is 94.9 Å². The Hall–Kier alpha value is -4.36. The number of allylic oxidation sites excluding steroid dienone is 1. The molecule has 0 saturated heterocycles. The van der Waals surface area contributed by atoms with Gasteiger partial charge in [0, 0.05) is 11.1 Å². The molecular weight excluding hydrogens is 436 g/mol. The number of furan rings is 1. The molecule has 1 heterocycles. The van der Waals surface area contributed by atoms with E-state index in [0.717, 1.165) is 33.8 Å². The van der Waals surface area contributed by atoms with Gasteiger partial charge in [-0.2, -0.15) is 0 Å². The van der Waals surface area contributed by atoms with Gasteiger partial charge in [-0.15, -0.1) is 0 Å². The molecule has 0 bridgehead atoms. The van der Waals surface area contributed by atoms with Crippen molar-refractivity contribution in [2.75, 3.05) is 21.3 Å². The Labute approximate surface area is 206 Å². The molecule has 0 aliphatic carbocycles. The van der Waals surface area contributed by atoms with Gasteiger partial charge in [-0.3, -0.25) is 0 Å². The lowest BCUT2D eigenvalue weighted by Crippen LogP contribution is -2.03. The van der Waals surface area contributed by atoms with Crippen molar-refractivity contribution in [3.63, 3.8) is 0 Å². The second-order valence-corrected chi connectivity index (χ2v) is 7.97. The molecule has 0 radical (unpaired) electrons. The Balaban J connectivity index is 1.88. The van der Waals surface area contributed by atoms with E-state index in [-0.39, 0.29) is 5.92 Å². The number of rotatable bonds is 7. The molecule has 4 aromatic rings. The standard InChI is InChI=1S/C31H28O4/c1-22-15-18-27(35-22)30(25-13-9-6-10-14-25)26(19-23-11-7-5-8-12-23)17-16-24-20-28(32-2)31(34-4)29(21-24)33-3/h5-15,18-21,30H,1-4H3/b26-19+. The molecule has 0 amide bonds. The van der Waals surface area contributed by atoms with E-state index in [9.17, 15) is 0 Å². The maximum absolute atomic E-state index is 6.11. The van der Waals surface area contributed by atoms with E-state index in [4.69, 9.17) is 18.6 Å². The number of hydrogen-bond donors (Lipinski definition) is 0. The number of methoxy groups -OCH3 is 3. The summed E-state index contributed by atoms with van der Waals surface area (Å²) in [6.45, 7) is 1.95. The number of hydrogen-bond acceptors (Lipinski definition) is 4.